The van der Waals surface area contributed by atoms with E-state index in [1.165, 1.54) is 9.75 Å². The first-order valence-electron chi connectivity index (χ1n) is 12.4. The van der Waals surface area contributed by atoms with Crippen LogP contribution in [0.15, 0.2) is 61.2 Å². The molecule has 10 heteroatoms. The maximum absolute atomic E-state index is 13.6. The zero-order valence-corrected chi connectivity index (χ0v) is 21.3. The van der Waals surface area contributed by atoms with E-state index in [-0.39, 0.29) is 13.0 Å². The number of nitrogens with one attached hydrogen (secondary N) is 2. The quantitative estimate of drug-likeness (QED) is 0.269. The second-order valence-electron chi connectivity index (χ2n) is 9.80. The maximum atomic E-state index is 13.6. The van der Waals surface area contributed by atoms with Gasteiger partial charge in [-0.25, -0.2) is 13.8 Å². The lowest BCUT2D eigenvalue weighted by molar-refractivity contribution is 0.0115. The highest BCUT2D eigenvalue weighted by Crippen LogP contribution is 2.36. The Kier molecular flexibility index (Phi) is 5.34. The van der Waals surface area contributed by atoms with Gasteiger partial charge >= 0.3 is 0 Å². The Morgan fingerprint density at radius 1 is 1.03 bits per heavy atom. The van der Waals surface area contributed by atoms with Crippen LogP contribution in [-0.2, 0) is 6.54 Å². The molecule has 0 amide bonds. The van der Waals surface area contributed by atoms with Gasteiger partial charge in [0.25, 0.3) is 5.92 Å². The molecule has 0 bridgehead atoms. The van der Waals surface area contributed by atoms with Gasteiger partial charge in [-0.15, -0.1) is 11.3 Å². The third kappa shape index (κ3) is 4.15. The Morgan fingerprint density at radius 3 is 2.74 bits per heavy atom. The summed E-state index contributed by atoms with van der Waals surface area (Å²) in [6.45, 7) is 2.70. The van der Waals surface area contributed by atoms with Crippen LogP contribution in [0.2, 0.25) is 0 Å². The van der Waals surface area contributed by atoms with E-state index in [0.717, 1.165) is 55.7 Å². The zero-order chi connectivity index (χ0) is 25.9. The highest BCUT2D eigenvalue weighted by Gasteiger charge is 2.37. The summed E-state index contributed by atoms with van der Waals surface area (Å²) in [7, 11) is 0. The summed E-state index contributed by atoms with van der Waals surface area (Å²) in [6.07, 6.45) is 7.10. The number of halogens is 2. The predicted molar refractivity (Wildman–Crippen MR) is 145 cm³/mol. The minimum absolute atomic E-state index is 0.0973. The summed E-state index contributed by atoms with van der Waals surface area (Å²) in [6, 6.07) is 12.2. The van der Waals surface area contributed by atoms with Crippen LogP contribution < -0.4 is 0 Å². The monoisotopic (exact) mass is 527 g/mol. The fraction of sp³-hybridized carbons (Fsp3) is 0.214. The number of hydrogen-bond donors (Lipinski definition) is 2. The third-order valence-electron chi connectivity index (χ3n) is 6.96. The Balaban J connectivity index is 1.24. The van der Waals surface area contributed by atoms with E-state index in [1.807, 2.05) is 30.6 Å². The van der Waals surface area contributed by atoms with E-state index in [9.17, 15) is 8.78 Å². The molecule has 190 valence electrons. The van der Waals surface area contributed by atoms with Crippen molar-refractivity contribution in [3.63, 3.8) is 0 Å². The molecule has 7 heterocycles. The second-order valence-corrected chi connectivity index (χ2v) is 11.1. The maximum Gasteiger partial charge on any atom is 0.261 e. The fourth-order valence-electron chi connectivity index (χ4n) is 5.12. The number of alkyl halides is 2. The number of pyridine rings is 3. The Labute approximate surface area is 220 Å². The van der Waals surface area contributed by atoms with Crippen LogP contribution in [-0.4, -0.2) is 54.0 Å². The third-order valence-corrected chi connectivity index (χ3v) is 7.99. The van der Waals surface area contributed by atoms with E-state index < -0.39 is 5.92 Å². The first kappa shape index (κ1) is 23.1. The Hall–Kier alpha value is -4.02. The summed E-state index contributed by atoms with van der Waals surface area (Å²) in [4.78, 5) is 21.4. The standard InChI is InChI=1S/C28H23F2N7S/c1-16-2-5-25(38-16)20-12-32-13-24-19(20)9-23(33-24)27-26-22(35-36-27)4-3-21(34-26)18-8-17(10-31-11-18)14-37-7-6-28(29,30)15-37/h2-5,8-13,33H,6-7,14-15H2,1H3,(H,35,36). The largest absolute Gasteiger partial charge is 0.352 e. The molecule has 2 N–H and O–H groups in total. The number of thiophene rings is 1. The molecule has 0 aliphatic carbocycles. The molecule has 1 aliphatic rings. The molecule has 1 fully saturated rings. The van der Waals surface area contributed by atoms with Crippen LogP contribution in [0.4, 0.5) is 8.78 Å². The smallest absolute Gasteiger partial charge is 0.261 e. The van der Waals surface area contributed by atoms with Crippen molar-refractivity contribution in [2.75, 3.05) is 13.1 Å². The van der Waals surface area contributed by atoms with Gasteiger partial charge in [0.15, 0.2) is 0 Å². The number of aryl methyl sites for hydroxylation is 1. The molecule has 0 radical (unpaired) electrons. The van der Waals surface area contributed by atoms with E-state index >= 15 is 0 Å². The Morgan fingerprint density at radius 2 is 1.92 bits per heavy atom. The molecular formula is C28H23F2N7S. The van der Waals surface area contributed by atoms with Crippen molar-refractivity contribution in [1.29, 1.82) is 0 Å². The molecule has 6 aromatic rings. The van der Waals surface area contributed by atoms with Gasteiger partial charge in [-0.2, -0.15) is 5.10 Å². The van der Waals surface area contributed by atoms with Gasteiger partial charge in [0.1, 0.15) is 11.2 Å². The molecule has 6 aromatic heterocycles. The van der Waals surface area contributed by atoms with Crippen molar-refractivity contribution >= 4 is 33.3 Å². The predicted octanol–water partition coefficient (Wildman–Crippen LogP) is 6.44. The number of H-pyrrole nitrogens is 2. The van der Waals surface area contributed by atoms with Crippen molar-refractivity contribution in [2.45, 2.75) is 25.8 Å². The number of rotatable bonds is 5. The average Bonchev–Trinajstić information content (AvgIpc) is 3.69. The van der Waals surface area contributed by atoms with Gasteiger partial charge in [-0.05, 0) is 48.9 Å². The highest BCUT2D eigenvalue weighted by molar-refractivity contribution is 7.15. The van der Waals surface area contributed by atoms with Crippen LogP contribution in [0.25, 0.3) is 55.0 Å². The van der Waals surface area contributed by atoms with E-state index in [4.69, 9.17) is 4.98 Å². The van der Waals surface area contributed by atoms with E-state index in [2.05, 4.69) is 50.3 Å². The Bertz CT molecular complexity index is 1800. The van der Waals surface area contributed by atoms with Crippen LogP contribution in [0.1, 0.15) is 16.9 Å². The summed E-state index contributed by atoms with van der Waals surface area (Å²) in [5, 5.41) is 8.74. The minimum atomic E-state index is -2.61. The van der Waals surface area contributed by atoms with Crippen molar-refractivity contribution in [2.24, 2.45) is 0 Å². The highest BCUT2D eigenvalue weighted by atomic mass is 32.1. The average molecular weight is 528 g/mol. The molecule has 0 spiro atoms. The number of fused-ring (bicyclic) bond motifs is 2. The van der Waals surface area contributed by atoms with Gasteiger partial charge in [0, 0.05) is 64.4 Å². The van der Waals surface area contributed by atoms with Crippen molar-refractivity contribution in [3.05, 3.63) is 71.6 Å². The number of likely N-dealkylation sites (tertiary alicyclic amines) is 1. The molecule has 0 atom stereocenters. The van der Waals surface area contributed by atoms with Crippen LogP contribution in [0.5, 0.6) is 0 Å². The SMILES string of the molecule is Cc1ccc(-c2cncc3[nH]c(-c4n[nH]c5ccc(-c6cncc(CN7CCC(F)(F)C7)c6)nc45)cc23)s1. The molecule has 1 aliphatic heterocycles. The zero-order valence-electron chi connectivity index (χ0n) is 20.5. The molecule has 0 aromatic carbocycles. The normalized spacial score (nSPS) is 15.7. The lowest BCUT2D eigenvalue weighted by Gasteiger charge is -2.15. The summed E-state index contributed by atoms with van der Waals surface area (Å²) < 4.78 is 27.3. The van der Waals surface area contributed by atoms with E-state index in [0.29, 0.717) is 13.1 Å². The lowest BCUT2D eigenvalue weighted by atomic mass is 10.1. The topological polar surface area (TPSA) is 86.4 Å². The molecule has 7 rings (SSSR count). The summed E-state index contributed by atoms with van der Waals surface area (Å²) in [5.74, 6) is -2.61. The van der Waals surface area contributed by atoms with Crippen molar-refractivity contribution in [3.8, 4) is 33.1 Å². The van der Waals surface area contributed by atoms with Crippen molar-refractivity contribution in [1.82, 2.24) is 35.0 Å². The molecule has 7 nitrogen and oxygen atoms in total. The molecule has 0 saturated carbocycles. The number of aromatic nitrogens is 6. The number of hydrogen-bond acceptors (Lipinski definition) is 6. The molecule has 0 unspecified atom stereocenters. The van der Waals surface area contributed by atoms with Gasteiger partial charge in [-0.1, -0.05) is 0 Å². The van der Waals surface area contributed by atoms with Gasteiger partial charge in [0.05, 0.1) is 35.2 Å². The first-order chi connectivity index (χ1) is 18.4. The van der Waals surface area contributed by atoms with Gasteiger partial charge in [0.2, 0.25) is 0 Å². The summed E-state index contributed by atoms with van der Waals surface area (Å²) >= 11 is 1.74. The van der Waals surface area contributed by atoms with Gasteiger partial charge < -0.3 is 4.98 Å². The number of nitrogens with zero attached hydrogens (tertiary/aromatic N) is 5. The lowest BCUT2D eigenvalue weighted by Crippen LogP contribution is -2.24. The van der Waals surface area contributed by atoms with Crippen molar-refractivity contribution < 1.29 is 8.78 Å². The summed E-state index contributed by atoms with van der Waals surface area (Å²) in [5.41, 5.74) is 7.59. The molecule has 1 saturated heterocycles. The fourth-order valence-corrected chi connectivity index (χ4v) is 6.01. The minimum Gasteiger partial charge on any atom is -0.352 e. The van der Waals surface area contributed by atoms with Crippen LogP contribution in [0.3, 0.4) is 0 Å². The second kappa shape index (κ2) is 8.78. The van der Waals surface area contributed by atoms with Crippen LogP contribution in [0, 0.1) is 6.92 Å². The number of aromatic amines is 2. The van der Waals surface area contributed by atoms with E-state index in [1.54, 1.807) is 28.6 Å². The first-order valence-corrected chi connectivity index (χ1v) is 13.2. The molecular weight excluding hydrogens is 504 g/mol. The molecule has 38 heavy (non-hydrogen) atoms. The van der Waals surface area contributed by atoms with Crippen LogP contribution >= 0.6 is 11.3 Å². The van der Waals surface area contributed by atoms with Gasteiger partial charge in [-0.3, -0.25) is 20.0 Å².